The summed E-state index contributed by atoms with van der Waals surface area (Å²) in [6.45, 7) is 3.68. The molecular weight excluding hydrogens is 245 g/mol. The van der Waals surface area contributed by atoms with Crippen LogP contribution in [0.4, 0.5) is 13.2 Å². The largest absolute Gasteiger partial charge is 0.435 e. The van der Waals surface area contributed by atoms with E-state index < -0.39 is 11.9 Å². The molecule has 0 aromatic carbocycles. The van der Waals surface area contributed by atoms with E-state index in [0.717, 1.165) is 12.5 Å². The van der Waals surface area contributed by atoms with Crippen LogP contribution in [0.3, 0.4) is 0 Å². The standard InChI is InChI=1S/C12H17F3N2O/c1-3-5-8(6-9(18)4-2)10-7-11(17-16-10)12(13,14)15/h7-8H,3-6H2,1-2H3,(H,16,17). The third-order valence-corrected chi connectivity index (χ3v) is 2.83. The van der Waals surface area contributed by atoms with Crippen LogP contribution in [-0.2, 0) is 11.0 Å². The summed E-state index contributed by atoms with van der Waals surface area (Å²) in [7, 11) is 0. The number of carbonyl (C=O) groups excluding carboxylic acids is 1. The van der Waals surface area contributed by atoms with Crippen LogP contribution in [0, 0.1) is 0 Å². The second kappa shape index (κ2) is 6.02. The van der Waals surface area contributed by atoms with Crippen LogP contribution >= 0.6 is 0 Å². The van der Waals surface area contributed by atoms with E-state index in [4.69, 9.17) is 0 Å². The number of hydrogen-bond acceptors (Lipinski definition) is 2. The van der Waals surface area contributed by atoms with E-state index in [1.54, 1.807) is 6.92 Å². The maximum atomic E-state index is 12.4. The van der Waals surface area contributed by atoms with Crippen LogP contribution < -0.4 is 0 Å². The van der Waals surface area contributed by atoms with Gasteiger partial charge in [0.15, 0.2) is 5.69 Å². The molecule has 1 N–H and O–H groups in total. The van der Waals surface area contributed by atoms with Crippen molar-refractivity contribution in [2.24, 2.45) is 0 Å². The zero-order chi connectivity index (χ0) is 13.8. The van der Waals surface area contributed by atoms with E-state index in [-0.39, 0.29) is 18.1 Å². The number of aromatic amines is 1. The fourth-order valence-corrected chi connectivity index (χ4v) is 1.83. The van der Waals surface area contributed by atoms with E-state index in [0.29, 0.717) is 18.5 Å². The van der Waals surface area contributed by atoms with Gasteiger partial charge in [-0.25, -0.2) is 0 Å². The lowest BCUT2D eigenvalue weighted by Crippen LogP contribution is -2.07. The first-order valence-corrected chi connectivity index (χ1v) is 6.02. The third-order valence-electron chi connectivity index (χ3n) is 2.83. The molecule has 0 amide bonds. The SMILES string of the molecule is CCCC(CC(=O)CC)c1cc(C(F)(F)F)n[nH]1. The number of halogens is 3. The number of Topliss-reactive ketones (excluding diaryl/α,β-unsaturated/α-hetero) is 1. The van der Waals surface area contributed by atoms with Crippen molar-refractivity contribution in [1.29, 1.82) is 0 Å². The minimum absolute atomic E-state index is 0.0524. The first kappa shape index (κ1) is 14.7. The Hall–Kier alpha value is -1.33. The average Bonchev–Trinajstić information content (AvgIpc) is 2.77. The highest BCUT2D eigenvalue weighted by Crippen LogP contribution is 2.31. The fraction of sp³-hybridized carbons (Fsp3) is 0.667. The molecule has 1 heterocycles. The molecule has 102 valence electrons. The van der Waals surface area contributed by atoms with Gasteiger partial charge in [-0.2, -0.15) is 18.3 Å². The monoisotopic (exact) mass is 262 g/mol. The second-order valence-electron chi connectivity index (χ2n) is 4.29. The van der Waals surface area contributed by atoms with Crippen molar-refractivity contribution in [3.63, 3.8) is 0 Å². The number of hydrogen-bond donors (Lipinski definition) is 1. The first-order chi connectivity index (χ1) is 8.38. The van der Waals surface area contributed by atoms with Crippen molar-refractivity contribution < 1.29 is 18.0 Å². The maximum absolute atomic E-state index is 12.4. The molecule has 0 aliphatic heterocycles. The molecule has 0 saturated carbocycles. The van der Waals surface area contributed by atoms with Gasteiger partial charge in [-0.1, -0.05) is 20.3 Å². The summed E-state index contributed by atoms with van der Waals surface area (Å²) in [6.07, 6.45) is -2.29. The molecule has 1 unspecified atom stereocenters. The number of carbonyl (C=O) groups is 1. The number of alkyl halides is 3. The van der Waals surface area contributed by atoms with Crippen molar-refractivity contribution in [2.75, 3.05) is 0 Å². The van der Waals surface area contributed by atoms with Crippen molar-refractivity contribution >= 4 is 5.78 Å². The smallest absolute Gasteiger partial charge is 0.300 e. The van der Waals surface area contributed by atoms with Crippen LogP contribution in [0.15, 0.2) is 6.07 Å². The summed E-state index contributed by atoms with van der Waals surface area (Å²) < 4.78 is 37.3. The van der Waals surface area contributed by atoms with Crippen LogP contribution in [0.2, 0.25) is 0 Å². The Morgan fingerprint density at radius 3 is 2.56 bits per heavy atom. The first-order valence-electron chi connectivity index (χ1n) is 6.02. The molecule has 18 heavy (non-hydrogen) atoms. The van der Waals surface area contributed by atoms with Gasteiger partial charge in [0.05, 0.1) is 0 Å². The fourth-order valence-electron chi connectivity index (χ4n) is 1.83. The van der Waals surface area contributed by atoms with Crippen LogP contribution in [0.25, 0.3) is 0 Å². The number of H-pyrrole nitrogens is 1. The Bertz CT molecular complexity index is 398. The highest BCUT2D eigenvalue weighted by molar-refractivity contribution is 5.78. The van der Waals surface area contributed by atoms with E-state index in [1.165, 1.54) is 0 Å². The van der Waals surface area contributed by atoms with Gasteiger partial charge >= 0.3 is 6.18 Å². The van der Waals surface area contributed by atoms with Gasteiger partial charge in [0.25, 0.3) is 0 Å². The Morgan fingerprint density at radius 2 is 2.11 bits per heavy atom. The Morgan fingerprint density at radius 1 is 1.44 bits per heavy atom. The topological polar surface area (TPSA) is 45.8 Å². The van der Waals surface area contributed by atoms with Gasteiger partial charge in [0.2, 0.25) is 0 Å². The lowest BCUT2D eigenvalue weighted by atomic mass is 9.93. The predicted octanol–water partition coefficient (Wildman–Crippen LogP) is 3.68. The van der Waals surface area contributed by atoms with Gasteiger partial charge in [-0.3, -0.25) is 9.89 Å². The number of nitrogens with zero attached hydrogens (tertiary/aromatic N) is 1. The van der Waals surface area contributed by atoms with Crippen molar-refractivity contribution in [3.8, 4) is 0 Å². The number of aromatic nitrogens is 2. The molecule has 0 spiro atoms. The molecule has 1 atom stereocenters. The second-order valence-corrected chi connectivity index (χ2v) is 4.29. The van der Waals surface area contributed by atoms with Gasteiger partial charge < -0.3 is 0 Å². The summed E-state index contributed by atoms with van der Waals surface area (Å²) >= 11 is 0. The molecule has 0 aliphatic carbocycles. The quantitative estimate of drug-likeness (QED) is 0.850. The minimum Gasteiger partial charge on any atom is -0.300 e. The minimum atomic E-state index is -4.44. The number of ketones is 1. The summed E-state index contributed by atoms with van der Waals surface area (Å²) in [5, 5.41) is 5.67. The van der Waals surface area contributed by atoms with Crippen LogP contribution in [0.1, 0.15) is 56.8 Å². The molecule has 1 aromatic rings. The van der Waals surface area contributed by atoms with Gasteiger partial charge in [0.1, 0.15) is 5.78 Å². The van der Waals surface area contributed by atoms with Crippen molar-refractivity contribution in [1.82, 2.24) is 10.2 Å². The van der Waals surface area contributed by atoms with Gasteiger partial charge in [-0.05, 0) is 12.5 Å². The Kier molecular flexibility index (Phi) is 4.93. The molecule has 0 fully saturated rings. The average molecular weight is 262 g/mol. The summed E-state index contributed by atoms with van der Waals surface area (Å²) in [5.74, 6) is -0.150. The highest BCUT2D eigenvalue weighted by atomic mass is 19.4. The van der Waals surface area contributed by atoms with E-state index in [9.17, 15) is 18.0 Å². The zero-order valence-electron chi connectivity index (χ0n) is 10.5. The molecule has 0 saturated heterocycles. The summed E-state index contributed by atoms with van der Waals surface area (Å²) in [4.78, 5) is 11.4. The molecule has 0 aliphatic rings. The van der Waals surface area contributed by atoms with Gasteiger partial charge in [-0.15, -0.1) is 0 Å². The maximum Gasteiger partial charge on any atom is 0.435 e. The van der Waals surface area contributed by atoms with Gasteiger partial charge in [0, 0.05) is 24.5 Å². The number of rotatable bonds is 6. The van der Waals surface area contributed by atoms with Crippen molar-refractivity contribution in [2.45, 2.75) is 51.6 Å². The van der Waals surface area contributed by atoms with Crippen molar-refractivity contribution in [3.05, 3.63) is 17.5 Å². The summed E-state index contributed by atoms with van der Waals surface area (Å²) in [6, 6.07) is 1.00. The lowest BCUT2D eigenvalue weighted by Gasteiger charge is -2.12. The van der Waals surface area contributed by atoms with Crippen LogP contribution in [-0.4, -0.2) is 16.0 Å². The third kappa shape index (κ3) is 3.85. The molecule has 3 nitrogen and oxygen atoms in total. The van der Waals surface area contributed by atoms with Crippen LogP contribution in [0.5, 0.6) is 0 Å². The zero-order valence-corrected chi connectivity index (χ0v) is 10.5. The van der Waals surface area contributed by atoms with E-state index in [2.05, 4.69) is 10.2 Å². The predicted molar refractivity (Wildman–Crippen MR) is 61.2 cm³/mol. The van der Waals surface area contributed by atoms with E-state index >= 15 is 0 Å². The highest BCUT2D eigenvalue weighted by Gasteiger charge is 2.34. The van der Waals surface area contributed by atoms with E-state index in [1.807, 2.05) is 6.92 Å². The molecule has 0 bridgehead atoms. The Labute approximate surface area is 104 Å². The molecular formula is C12H17F3N2O. The summed E-state index contributed by atoms with van der Waals surface area (Å²) in [5.41, 5.74) is -0.534. The lowest BCUT2D eigenvalue weighted by molar-refractivity contribution is -0.141. The molecule has 6 heteroatoms. The number of nitrogens with one attached hydrogen (secondary N) is 1. The molecule has 0 radical (unpaired) electrons. The molecule has 1 rings (SSSR count). The normalized spacial score (nSPS) is 13.6. The molecule has 1 aromatic heterocycles. The Balaban J connectivity index is 2.85.